The monoisotopic (exact) mass is 546 g/mol. The van der Waals surface area contributed by atoms with E-state index in [0.29, 0.717) is 25.7 Å². The number of carbonyl (C=O) groups excluding carboxylic acids is 6. The van der Waals surface area contributed by atoms with Crippen molar-refractivity contribution in [3.05, 3.63) is 0 Å². The molecule has 0 aromatic rings. The van der Waals surface area contributed by atoms with Gasteiger partial charge in [0.15, 0.2) is 12.2 Å². The summed E-state index contributed by atoms with van der Waals surface area (Å²) in [6, 6.07) is 0. The van der Waals surface area contributed by atoms with Gasteiger partial charge in [-0.25, -0.2) is 0 Å². The zero-order chi connectivity index (χ0) is 28.8. The normalized spacial score (nSPS) is 12.0. The molecule has 0 saturated heterocycles. The van der Waals surface area contributed by atoms with Crippen LogP contribution in [0.2, 0.25) is 0 Å². The molecule has 12 nitrogen and oxygen atoms in total. The molecule has 0 aliphatic heterocycles. The van der Waals surface area contributed by atoms with Crippen molar-refractivity contribution in [3.63, 3.8) is 0 Å². The van der Waals surface area contributed by atoms with E-state index in [9.17, 15) is 28.8 Å². The van der Waals surface area contributed by atoms with E-state index in [1.165, 1.54) is 0 Å². The minimum atomic E-state index is -0.972. The van der Waals surface area contributed by atoms with Gasteiger partial charge in [-0.05, 0) is 25.7 Å². The second-order valence-corrected chi connectivity index (χ2v) is 8.46. The van der Waals surface area contributed by atoms with Crippen LogP contribution in [0.1, 0.15) is 91.9 Å². The molecular weight excluding hydrogens is 504 g/mol. The Morgan fingerprint density at radius 1 is 0.395 bits per heavy atom. The zero-order valence-electron chi connectivity index (χ0n) is 23.0. The van der Waals surface area contributed by atoms with Crippen molar-refractivity contribution in [1.29, 1.82) is 0 Å². The maximum Gasteiger partial charge on any atom is 0.306 e. The number of esters is 6. The Balaban J connectivity index is 4.64. The average Bonchev–Trinajstić information content (AvgIpc) is 2.86. The number of rotatable bonds is 21. The highest BCUT2D eigenvalue weighted by molar-refractivity contribution is 5.77. The summed E-state index contributed by atoms with van der Waals surface area (Å²) in [5.74, 6) is -3.46. The van der Waals surface area contributed by atoms with Gasteiger partial charge in [-0.3, -0.25) is 28.8 Å². The summed E-state index contributed by atoms with van der Waals surface area (Å²) in [6.45, 7) is 6.01. The third kappa shape index (κ3) is 19.0. The van der Waals surface area contributed by atoms with Gasteiger partial charge in [0.25, 0.3) is 0 Å². The van der Waals surface area contributed by atoms with Gasteiger partial charge in [0.2, 0.25) is 0 Å². The Labute approximate surface area is 224 Å². The summed E-state index contributed by atoms with van der Waals surface area (Å²) in [6.07, 6.45) is 0.440. The van der Waals surface area contributed by atoms with Crippen LogP contribution in [-0.2, 0) is 57.2 Å². The number of hydrogen-bond acceptors (Lipinski definition) is 12. The highest BCUT2D eigenvalue weighted by atomic mass is 16.6. The van der Waals surface area contributed by atoms with E-state index >= 15 is 0 Å². The van der Waals surface area contributed by atoms with E-state index in [1.807, 2.05) is 13.8 Å². The lowest BCUT2D eigenvalue weighted by Crippen LogP contribution is -2.31. The van der Waals surface area contributed by atoms with E-state index in [-0.39, 0.29) is 65.0 Å². The van der Waals surface area contributed by atoms with Crippen molar-refractivity contribution >= 4 is 35.8 Å². The Hall–Kier alpha value is -3.18. The molecule has 218 valence electrons. The predicted octanol–water partition coefficient (Wildman–Crippen LogP) is 2.96. The molecule has 0 amide bonds. The largest absolute Gasteiger partial charge is 0.462 e. The fourth-order valence-corrected chi connectivity index (χ4v) is 2.77. The van der Waals surface area contributed by atoms with Crippen LogP contribution in [-0.4, -0.2) is 74.5 Å². The van der Waals surface area contributed by atoms with Crippen molar-refractivity contribution in [2.45, 2.75) is 104 Å². The molecule has 0 spiro atoms. The SMILES string of the molecule is CCCC(=O)OCC(COC(=O)CCC(=O)OCC(COC(=O)CCC)OC(=O)CCC)OC(=O)CCC. The molecule has 0 rings (SSSR count). The Morgan fingerprint density at radius 3 is 0.895 bits per heavy atom. The fraction of sp³-hybridized carbons (Fsp3) is 0.769. The van der Waals surface area contributed by atoms with Gasteiger partial charge in [0.05, 0.1) is 12.8 Å². The minimum Gasteiger partial charge on any atom is -0.462 e. The molecule has 0 saturated carbocycles. The lowest BCUT2D eigenvalue weighted by Gasteiger charge is -2.18. The van der Waals surface area contributed by atoms with E-state index in [0.717, 1.165) is 0 Å². The standard InChI is InChI=1S/C26H42O12/c1-5-9-21(27)33-15-19(37-25(31)11-7-3)17-35-23(29)13-14-24(30)36-18-20(38-26(32)12-8-4)16-34-22(28)10-6-2/h19-20H,5-18H2,1-4H3. The quantitative estimate of drug-likeness (QED) is 0.153. The van der Waals surface area contributed by atoms with Gasteiger partial charge in [-0.1, -0.05) is 27.7 Å². The van der Waals surface area contributed by atoms with Crippen molar-refractivity contribution in [2.75, 3.05) is 26.4 Å². The van der Waals surface area contributed by atoms with Crippen LogP contribution in [0.5, 0.6) is 0 Å². The predicted molar refractivity (Wildman–Crippen MR) is 132 cm³/mol. The van der Waals surface area contributed by atoms with Crippen molar-refractivity contribution in [2.24, 2.45) is 0 Å². The van der Waals surface area contributed by atoms with Crippen LogP contribution >= 0.6 is 0 Å². The van der Waals surface area contributed by atoms with Crippen molar-refractivity contribution in [3.8, 4) is 0 Å². The zero-order valence-corrected chi connectivity index (χ0v) is 23.0. The first-order chi connectivity index (χ1) is 18.1. The third-order valence-electron chi connectivity index (χ3n) is 4.67. The van der Waals surface area contributed by atoms with E-state index < -0.39 is 48.0 Å². The third-order valence-corrected chi connectivity index (χ3v) is 4.67. The van der Waals surface area contributed by atoms with Crippen LogP contribution in [0.4, 0.5) is 0 Å². The summed E-state index contributed by atoms with van der Waals surface area (Å²) in [7, 11) is 0. The lowest BCUT2D eigenvalue weighted by molar-refractivity contribution is -0.168. The molecule has 0 fully saturated rings. The number of carbonyl (C=O) groups is 6. The minimum absolute atomic E-state index is 0.158. The Bertz CT molecular complexity index is 687. The number of hydrogen-bond donors (Lipinski definition) is 0. The van der Waals surface area contributed by atoms with Crippen LogP contribution in [0.25, 0.3) is 0 Å². The highest BCUT2D eigenvalue weighted by Gasteiger charge is 2.21. The molecule has 38 heavy (non-hydrogen) atoms. The van der Waals surface area contributed by atoms with Gasteiger partial charge in [-0.15, -0.1) is 0 Å². The average molecular weight is 547 g/mol. The maximum atomic E-state index is 12.1. The smallest absolute Gasteiger partial charge is 0.306 e. The van der Waals surface area contributed by atoms with E-state index in [2.05, 4.69) is 0 Å². The molecule has 0 N–H and O–H groups in total. The van der Waals surface area contributed by atoms with Crippen molar-refractivity contribution in [1.82, 2.24) is 0 Å². The molecule has 2 atom stereocenters. The summed E-state index contributed by atoms with van der Waals surface area (Å²) >= 11 is 0. The topological polar surface area (TPSA) is 158 Å². The van der Waals surface area contributed by atoms with Gasteiger partial charge in [0, 0.05) is 25.7 Å². The first kappa shape index (κ1) is 34.8. The molecule has 0 bridgehead atoms. The summed E-state index contributed by atoms with van der Waals surface area (Å²) in [5, 5.41) is 0. The van der Waals surface area contributed by atoms with Crippen LogP contribution in [0.15, 0.2) is 0 Å². The maximum absolute atomic E-state index is 12.1. The van der Waals surface area contributed by atoms with Gasteiger partial charge < -0.3 is 28.4 Å². The van der Waals surface area contributed by atoms with Crippen LogP contribution in [0, 0.1) is 0 Å². The molecule has 0 aliphatic rings. The second kappa shape index (κ2) is 21.9. The highest BCUT2D eigenvalue weighted by Crippen LogP contribution is 2.06. The number of ether oxygens (including phenoxy) is 6. The lowest BCUT2D eigenvalue weighted by atomic mass is 10.3. The van der Waals surface area contributed by atoms with Crippen LogP contribution < -0.4 is 0 Å². The van der Waals surface area contributed by atoms with E-state index in [4.69, 9.17) is 28.4 Å². The molecular formula is C26H42O12. The van der Waals surface area contributed by atoms with Gasteiger partial charge in [0.1, 0.15) is 26.4 Å². The summed E-state index contributed by atoms with van der Waals surface area (Å²) < 4.78 is 30.7. The molecule has 0 aromatic carbocycles. The molecule has 12 heteroatoms. The first-order valence-corrected chi connectivity index (χ1v) is 13.2. The Morgan fingerprint density at radius 2 is 0.632 bits per heavy atom. The summed E-state index contributed by atoms with van der Waals surface area (Å²) in [4.78, 5) is 71.0. The second-order valence-electron chi connectivity index (χ2n) is 8.46. The molecule has 0 radical (unpaired) electrons. The molecule has 2 unspecified atom stereocenters. The van der Waals surface area contributed by atoms with Gasteiger partial charge >= 0.3 is 35.8 Å². The van der Waals surface area contributed by atoms with Crippen molar-refractivity contribution < 1.29 is 57.2 Å². The Kier molecular flexibility index (Phi) is 20.0. The van der Waals surface area contributed by atoms with Crippen LogP contribution in [0.3, 0.4) is 0 Å². The molecule has 0 heterocycles. The molecule has 0 aromatic heterocycles. The van der Waals surface area contributed by atoms with Gasteiger partial charge in [-0.2, -0.15) is 0 Å². The first-order valence-electron chi connectivity index (χ1n) is 13.2. The fourth-order valence-electron chi connectivity index (χ4n) is 2.77. The molecule has 0 aliphatic carbocycles. The summed E-state index contributed by atoms with van der Waals surface area (Å²) in [5.41, 5.74) is 0. The van der Waals surface area contributed by atoms with E-state index in [1.54, 1.807) is 13.8 Å².